The largest absolute Gasteiger partial charge is 0.484 e. The zero-order valence-corrected chi connectivity index (χ0v) is 7.64. The second kappa shape index (κ2) is 5.24. The molecule has 0 heterocycles. The molecule has 4 heteroatoms. The first kappa shape index (κ1) is 10.5. The van der Waals surface area contributed by atoms with Gasteiger partial charge < -0.3 is 15.6 Å². The van der Waals surface area contributed by atoms with Crippen molar-refractivity contribution in [2.45, 2.75) is 0 Å². The fraction of sp³-hybridized carbons (Fsp3) is 0.200. The molecule has 1 radical (unpaired) electrons. The van der Waals surface area contributed by atoms with Crippen LogP contribution in [0.5, 0.6) is 5.75 Å². The van der Waals surface area contributed by atoms with E-state index in [1.54, 1.807) is 30.7 Å². The van der Waals surface area contributed by atoms with Gasteiger partial charge in [-0.15, -0.1) is 0 Å². The van der Waals surface area contributed by atoms with Gasteiger partial charge in [0, 0.05) is 6.42 Å². The molecule has 0 bridgehead atoms. The Hall–Kier alpha value is -1.55. The Labute approximate surface area is 82.3 Å². The van der Waals surface area contributed by atoms with Gasteiger partial charge in [-0.05, 0) is 17.7 Å². The zero-order chi connectivity index (χ0) is 10.4. The van der Waals surface area contributed by atoms with Crippen molar-refractivity contribution in [1.82, 2.24) is 0 Å². The molecule has 0 aliphatic carbocycles. The van der Waals surface area contributed by atoms with Gasteiger partial charge in [0.15, 0.2) is 6.61 Å². The molecule has 0 unspecified atom stereocenters. The minimum Gasteiger partial charge on any atom is -0.484 e. The normalized spacial score (nSPS) is 9.79. The molecule has 75 valence electrons. The predicted molar refractivity (Wildman–Crippen MR) is 51.6 cm³/mol. The summed E-state index contributed by atoms with van der Waals surface area (Å²) in [6, 6.07) is 6.99. The molecule has 3 N–H and O–H groups in total. The van der Waals surface area contributed by atoms with E-state index in [9.17, 15) is 4.79 Å². The average molecular weight is 194 g/mol. The van der Waals surface area contributed by atoms with Crippen molar-refractivity contribution in [3.8, 4) is 5.75 Å². The Morgan fingerprint density at radius 3 is 2.57 bits per heavy atom. The molecule has 1 rings (SSSR count). The standard InChI is InChI=1S/C10H12NO3/c11-10(13)7-14-9-3-1-8(2-4-9)5-6-12/h1-5,12H,6-7H2,(H2,11,13). The molecular weight excluding hydrogens is 182 g/mol. The van der Waals surface area contributed by atoms with E-state index in [4.69, 9.17) is 15.6 Å². The summed E-state index contributed by atoms with van der Waals surface area (Å²) in [5.41, 5.74) is 5.82. The summed E-state index contributed by atoms with van der Waals surface area (Å²) in [4.78, 5) is 10.4. The van der Waals surface area contributed by atoms with Gasteiger partial charge in [-0.25, -0.2) is 0 Å². The Morgan fingerprint density at radius 1 is 1.43 bits per heavy atom. The Morgan fingerprint density at radius 2 is 2.07 bits per heavy atom. The Balaban J connectivity index is 2.50. The third-order valence-corrected chi connectivity index (χ3v) is 1.59. The summed E-state index contributed by atoms with van der Waals surface area (Å²) in [5.74, 6) is 0.0786. The van der Waals surface area contributed by atoms with Gasteiger partial charge in [0.1, 0.15) is 5.75 Å². The van der Waals surface area contributed by atoms with Crippen LogP contribution in [0.2, 0.25) is 0 Å². The van der Waals surface area contributed by atoms with Gasteiger partial charge in [0.05, 0.1) is 6.61 Å². The number of aliphatic hydroxyl groups is 1. The van der Waals surface area contributed by atoms with Crippen molar-refractivity contribution < 1.29 is 14.6 Å². The smallest absolute Gasteiger partial charge is 0.255 e. The summed E-state index contributed by atoms with van der Waals surface area (Å²) >= 11 is 0. The second-order valence-electron chi connectivity index (χ2n) is 2.71. The fourth-order valence-corrected chi connectivity index (χ4v) is 0.960. The minimum absolute atomic E-state index is 0.00148. The second-order valence-corrected chi connectivity index (χ2v) is 2.71. The minimum atomic E-state index is -0.504. The number of hydrogen-bond donors (Lipinski definition) is 2. The fourth-order valence-electron chi connectivity index (χ4n) is 0.960. The molecule has 0 saturated carbocycles. The molecule has 0 fully saturated rings. The molecule has 0 spiro atoms. The Kier molecular flexibility index (Phi) is 3.94. The first-order chi connectivity index (χ1) is 6.72. The van der Waals surface area contributed by atoms with E-state index >= 15 is 0 Å². The lowest BCUT2D eigenvalue weighted by Crippen LogP contribution is -2.19. The lowest BCUT2D eigenvalue weighted by molar-refractivity contribution is -0.119. The van der Waals surface area contributed by atoms with E-state index in [0.717, 1.165) is 5.56 Å². The number of hydrogen-bond acceptors (Lipinski definition) is 3. The molecule has 0 saturated heterocycles. The molecule has 1 amide bonds. The van der Waals surface area contributed by atoms with E-state index in [2.05, 4.69) is 0 Å². The summed E-state index contributed by atoms with van der Waals surface area (Å²) < 4.78 is 5.05. The van der Waals surface area contributed by atoms with Crippen LogP contribution in [0.1, 0.15) is 5.56 Å². The first-order valence-corrected chi connectivity index (χ1v) is 4.17. The van der Waals surface area contributed by atoms with Crippen LogP contribution in [0, 0.1) is 6.42 Å². The maximum Gasteiger partial charge on any atom is 0.255 e. The first-order valence-electron chi connectivity index (χ1n) is 4.17. The molecule has 4 nitrogen and oxygen atoms in total. The number of aliphatic hydroxyl groups excluding tert-OH is 1. The van der Waals surface area contributed by atoms with Crippen LogP contribution in [0.4, 0.5) is 0 Å². The van der Waals surface area contributed by atoms with Crippen LogP contribution in [-0.2, 0) is 4.79 Å². The van der Waals surface area contributed by atoms with Gasteiger partial charge in [-0.3, -0.25) is 4.79 Å². The number of rotatable bonds is 5. The average Bonchev–Trinajstić information content (AvgIpc) is 2.17. The van der Waals surface area contributed by atoms with Crippen molar-refractivity contribution in [2.24, 2.45) is 5.73 Å². The van der Waals surface area contributed by atoms with Crippen LogP contribution in [0.15, 0.2) is 24.3 Å². The summed E-state index contributed by atoms with van der Waals surface area (Å²) in [5, 5.41) is 8.62. The molecule has 0 atom stereocenters. The SMILES string of the molecule is NC(=O)COc1ccc([CH]CO)cc1. The number of carbonyl (C=O) groups is 1. The van der Waals surface area contributed by atoms with Crippen molar-refractivity contribution in [3.05, 3.63) is 36.2 Å². The number of nitrogens with two attached hydrogens (primary N) is 1. The van der Waals surface area contributed by atoms with Gasteiger partial charge in [0.2, 0.25) is 0 Å². The zero-order valence-electron chi connectivity index (χ0n) is 7.64. The highest BCUT2D eigenvalue weighted by molar-refractivity contribution is 5.75. The van der Waals surface area contributed by atoms with Crippen LogP contribution in [-0.4, -0.2) is 24.2 Å². The maximum absolute atomic E-state index is 10.4. The quantitative estimate of drug-likeness (QED) is 0.698. The van der Waals surface area contributed by atoms with E-state index in [0.29, 0.717) is 5.75 Å². The number of primary amides is 1. The summed E-state index contributed by atoms with van der Waals surface area (Å²) in [6.07, 6.45) is 1.66. The van der Waals surface area contributed by atoms with Crippen LogP contribution < -0.4 is 10.5 Å². The lowest BCUT2D eigenvalue weighted by Gasteiger charge is -2.04. The number of benzene rings is 1. The van der Waals surface area contributed by atoms with Crippen molar-refractivity contribution in [2.75, 3.05) is 13.2 Å². The molecule has 14 heavy (non-hydrogen) atoms. The van der Waals surface area contributed by atoms with Gasteiger partial charge in [0.25, 0.3) is 5.91 Å². The van der Waals surface area contributed by atoms with E-state index in [1.165, 1.54) is 0 Å². The monoisotopic (exact) mass is 194 g/mol. The van der Waals surface area contributed by atoms with Crippen molar-refractivity contribution in [3.63, 3.8) is 0 Å². The van der Waals surface area contributed by atoms with Gasteiger partial charge >= 0.3 is 0 Å². The van der Waals surface area contributed by atoms with Crippen LogP contribution >= 0.6 is 0 Å². The van der Waals surface area contributed by atoms with E-state index in [1.807, 2.05) is 0 Å². The van der Waals surface area contributed by atoms with Crippen LogP contribution in [0.3, 0.4) is 0 Å². The molecule has 0 aliphatic rings. The molecule has 0 aromatic heterocycles. The van der Waals surface area contributed by atoms with Crippen molar-refractivity contribution >= 4 is 5.91 Å². The highest BCUT2D eigenvalue weighted by Gasteiger charge is 1.97. The highest BCUT2D eigenvalue weighted by atomic mass is 16.5. The van der Waals surface area contributed by atoms with Crippen molar-refractivity contribution in [1.29, 1.82) is 0 Å². The maximum atomic E-state index is 10.4. The predicted octanol–water partition coefficient (Wildman–Crippen LogP) is 0.0954. The van der Waals surface area contributed by atoms with E-state index in [-0.39, 0.29) is 13.2 Å². The molecule has 0 aliphatic heterocycles. The highest BCUT2D eigenvalue weighted by Crippen LogP contribution is 2.12. The summed E-state index contributed by atoms with van der Waals surface area (Å²) in [6.45, 7) is -0.120. The number of amides is 1. The van der Waals surface area contributed by atoms with E-state index < -0.39 is 5.91 Å². The molecular formula is C10H12NO3. The number of ether oxygens (including phenoxy) is 1. The molecule has 1 aromatic rings. The lowest BCUT2D eigenvalue weighted by atomic mass is 10.1. The third kappa shape index (κ3) is 3.45. The Bertz CT molecular complexity index is 295. The van der Waals surface area contributed by atoms with Crippen LogP contribution in [0.25, 0.3) is 0 Å². The third-order valence-electron chi connectivity index (χ3n) is 1.59. The number of carbonyl (C=O) groups excluding carboxylic acids is 1. The topological polar surface area (TPSA) is 72.6 Å². The summed E-state index contributed by atoms with van der Waals surface area (Å²) in [7, 11) is 0. The van der Waals surface area contributed by atoms with Gasteiger partial charge in [-0.1, -0.05) is 12.1 Å². The van der Waals surface area contributed by atoms with Gasteiger partial charge in [-0.2, -0.15) is 0 Å². The molecule has 1 aromatic carbocycles.